The van der Waals surface area contributed by atoms with Gasteiger partial charge in [-0.05, 0) is 44.0 Å². The van der Waals surface area contributed by atoms with Crippen molar-refractivity contribution in [3.05, 3.63) is 35.6 Å². The lowest BCUT2D eigenvalue weighted by Gasteiger charge is -2.24. The largest absolute Gasteiger partial charge is 0.356 e. The van der Waals surface area contributed by atoms with Crippen molar-refractivity contribution < 1.29 is 4.39 Å². The molecule has 0 spiro atoms. The summed E-state index contributed by atoms with van der Waals surface area (Å²) in [6.07, 6.45) is 6.17. The molecule has 0 aliphatic heterocycles. The van der Waals surface area contributed by atoms with E-state index in [4.69, 9.17) is 0 Å². The smallest absolute Gasteiger partial charge is 0.191 e. The molecule has 0 amide bonds. The van der Waals surface area contributed by atoms with Crippen molar-refractivity contribution in [1.29, 1.82) is 0 Å². The van der Waals surface area contributed by atoms with Gasteiger partial charge in [-0.3, -0.25) is 4.99 Å². The van der Waals surface area contributed by atoms with E-state index in [2.05, 4.69) is 27.6 Å². The first kappa shape index (κ1) is 17.7. The Balaban J connectivity index is 1.63. The minimum Gasteiger partial charge on any atom is -0.356 e. The zero-order chi connectivity index (χ0) is 16.5. The second-order valence-corrected chi connectivity index (χ2v) is 6.22. The molecule has 1 aromatic rings. The molecular formula is C18H29FN4. The number of likely N-dealkylation sites (N-methyl/N-ethyl adjacent to an activating group) is 1. The molecule has 128 valence electrons. The van der Waals surface area contributed by atoms with E-state index in [0.717, 1.165) is 43.6 Å². The van der Waals surface area contributed by atoms with Crippen LogP contribution < -0.4 is 10.6 Å². The fraction of sp³-hybridized carbons (Fsp3) is 0.611. The van der Waals surface area contributed by atoms with Gasteiger partial charge in [-0.2, -0.15) is 0 Å². The molecule has 2 N–H and O–H groups in total. The van der Waals surface area contributed by atoms with Crippen LogP contribution >= 0.6 is 0 Å². The van der Waals surface area contributed by atoms with Gasteiger partial charge >= 0.3 is 0 Å². The van der Waals surface area contributed by atoms with Crippen LogP contribution in [-0.4, -0.2) is 50.6 Å². The molecule has 1 aliphatic carbocycles. The van der Waals surface area contributed by atoms with E-state index in [1.54, 1.807) is 19.2 Å². The van der Waals surface area contributed by atoms with Gasteiger partial charge in [0.1, 0.15) is 5.82 Å². The summed E-state index contributed by atoms with van der Waals surface area (Å²) in [6.45, 7) is 2.64. The fourth-order valence-electron chi connectivity index (χ4n) is 3.12. The van der Waals surface area contributed by atoms with Crippen molar-refractivity contribution in [2.24, 2.45) is 4.99 Å². The van der Waals surface area contributed by atoms with Gasteiger partial charge in [0.25, 0.3) is 0 Å². The molecule has 0 aromatic heterocycles. The molecule has 2 rings (SSSR count). The summed E-state index contributed by atoms with van der Waals surface area (Å²) in [4.78, 5) is 6.68. The van der Waals surface area contributed by atoms with E-state index in [1.165, 1.54) is 31.7 Å². The van der Waals surface area contributed by atoms with Gasteiger partial charge in [0.15, 0.2) is 5.96 Å². The predicted molar refractivity (Wildman–Crippen MR) is 94.4 cm³/mol. The minimum absolute atomic E-state index is 0.181. The van der Waals surface area contributed by atoms with Gasteiger partial charge in [0.05, 0.1) is 0 Å². The lowest BCUT2D eigenvalue weighted by molar-refractivity contribution is 0.249. The number of guanidine groups is 1. The third-order valence-electron chi connectivity index (χ3n) is 4.52. The SMILES string of the molecule is CN=C(NCCc1cccc(F)c1)NCCN(C)C1CCCC1. The van der Waals surface area contributed by atoms with Gasteiger partial charge < -0.3 is 15.5 Å². The van der Waals surface area contributed by atoms with Crippen LogP contribution in [0.15, 0.2) is 29.3 Å². The quantitative estimate of drug-likeness (QED) is 0.599. The van der Waals surface area contributed by atoms with E-state index in [1.807, 2.05) is 6.07 Å². The van der Waals surface area contributed by atoms with Crippen molar-refractivity contribution in [3.63, 3.8) is 0 Å². The first-order valence-corrected chi connectivity index (χ1v) is 8.58. The summed E-state index contributed by atoms with van der Waals surface area (Å²) >= 11 is 0. The van der Waals surface area contributed by atoms with Gasteiger partial charge in [0, 0.05) is 32.7 Å². The second-order valence-electron chi connectivity index (χ2n) is 6.22. The van der Waals surface area contributed by atoms with Gasteiger partial charge in [-0.25, -0.2) is 4.39 Å². The van der Waals surface area contributed by atoms with Crippen molar-refractivity contribution >= 4 is 5.96 Å². The van der Waals surface area contributed by atoms with Crippen molar-refractivity contribution in [1.82, 2.24) is 15.5 Å². The summed E-state index contributed by atoms with van der Waals surface area (Å²) in [5.41, 5.74) is 0.994. The molecule has 1 aromatic carbocycles. The molecular weight excluding hydrogens is 291 g/mol. The highest BCUT2D eigenvalue weighted by Gasteiger charge is 2.18. The van der Waals surface area contributed by atoms with E-state index in [-0.39, 0.29) is 5.82 Å². The van der Waals surface area contributed by atoms with Crippen LogP contribution in [0.3, 0.4) is 0 Å². The van der Waals surface area contributed by atoms with Crippen LogP contribution in [0.4, 0.5) is 4.39 Å². The molecule has 0 radical (unpaired) electrons. The normalized spacial score (nSPS) is 16.1. The van der Waals surface area contributed by atoms with E-state index < -0.39 is 0 Å². The summed E-state index contributed by atoms with van der Waals surface area (Å²) in [5, 5.41) is 6.62. The van der Waals surface area contributed by atoms with E-state index >= 15 is 0 Å². The Kier molecular flexibility index (Phi) is 7.33. The standard InChI is InChI=1S/C18H29FN4/c1-20-18(21-11-10-15-6-5-7-16(19)14-15)22-12-13-23(2)17-8-3-4-9-17/h5-7,14,17H,3-4,8-13H2,1-2H3,(H2,20,21,22). The van der Waals surface area contributed by atoms with E-state index in [9.17, 15) is 4.39 Å². The van der Waals surface area contributed by atoms with Crippen LogP contribution in [0.1, 0.15) is 31.2 Å². The van der Waals surface area contributed by atoms with Crippen molar-refractivity contribution in [2.45, 2.75) is 38.1 Å². The molecule has 0 heterocycles. The maximum Gasteiger partial charge on any atom is 0.191 e. The van der Waals surface area contributed by atoms with Gasteiger partial charge in [-0.1, -0.05) is 25.0 Å². The molecule has 5 heteroatoms. The highest BCUT2D eigenvalue weighted by Crippen LogP contribution is 2.21. The van der Waals surface area contributed by atoms with Gasteiger partial charge in [-0.15, -0.1) is 0 Å². The maximum absolute atomic E-state index is 13.1. The number of aliphatic imine (C=N–C) groups is 1. The zero-order valence-electron chi connectivity index (χ0n) is 14.3. The van der Waals surface area contributed by atoms with Crippen molar-refractivity contribution in [2.75, 3.05) is 33.7 Å². The first-order chi connectivity index (χ1) is 11.2. The molecule has 1 fully saturated rings. The van der Waals surface area contributed by atoms with Crippen LogP contribution in [0.25, 0.3) is 0 Å². The zero-order valence-corrected chi connectivity index (χ0v) is 14.3. The lowest BCUT2D eigenvalue weighted by Crippen LogP contribution is -2.43. The third-order valence-corrected chi connectivity index (χ3v) is 4.52. The minimum atomic E-state index is -0.181. The Morgan fingerprint density at radius 3 is 2.70 bits per heavy atom. The first-order valence-electron chi connectivity index (χ1n) is 8.58. The highest BCUT2D eigenvalue weighted by molar-refractivity contribution is 5.79. The fourth-order valence-corrected chi connectivity index (χ4v) is 3.12. The Morgan fingerprint density at radius 1 is 1.26 bits per heavy atom. The maximum atomic E-state index is 13.1. The Hall–Kier alpha value is -1.62. The monoisotopic (exact) mass is 320 g/mol. The van der Waals surface area contributed by atoms with Gasteiger partial charge in [0.2, 0.25) is 0 Å². The number of hydrogen-bond acceptors (Lipinski definition) is 2. The second kappa shape index (κ2) is 9.50. The topological polar surface area (TPSA) is 39.7 Å². The Labute approximate surface area is 139 Å². The molecule has 1 aliphatic rings. The van der Waals surface area contributed by atoms with Crippen LogP contribution in [0.2, 0.25) is 0 Å². The average Bonchev–Trinajstić information content (AvgIpc) is 3.08. The summed E-state index contributed by atoms with van der Waals surface area (Å²) in [5.74, 6) is 0.626. The van der Waals surface area contributed by atoms with Crippen LogP contribution in [0.5, 0.6) is 0 Å². The summed E-state index contributed by atoms with van der Waals surface area (Å²) in [7, 11) is 3.98. The summed E-state index contributed by atoms with van der Waals surface area (Å²) in [6, 6.07) is 7.49. The third kappa shape index (κ3) is 6.18. The highest BCUT2D eigenvalue weighted by atomic mass is 19.1. The van der Waals surface area contributed by atoms with Crippen LogP contribution in [-0.2, 0) is 6.42 Å². The lowest BCUT2D eigenvalue weighted by atomic mass is 10.1. The molecule has 23 heavy (non-hydrogen) atoms. The Morgan fingerprint density at radius 2 is 2.00 bits per heavy atom. The number of nitrogens with one attached hydrogen (secondary N) is 2. The molecule has 1 saturated carbocycles. The number of nitrogens with zero attached hydrogens (tertiary/aromatic N) is 2. The number of rotatable bonds is 7. The molecule has 0 saturated heterocycles. The molecule has 0 bridgehead atoms. The predicted octanol–water partition coefficient (Wildman–Crippen LogP) is 2.41. The van der Waals surface area contributed by atoms with E-state index in [0.29, 0.717) is 0 Å². The molecule has 0 unspecified atom stereocenters. The number of halogens is 1. The molecule has 0 atom stereocenters. The molecule has 4 nitrogen and oxygen atoms in total. The summed E-state index contributed by atoms with van der Waals surface area (Å²) < 4.78 is 13.1. The van der Waals surface area contributed by atoms with Crippen LogP contribution in [0, 0.1) is 5.82 Å². The Bertz CT molecular complexity index is 498. The van der Waals surface area contributed by atoms with Crippen molar-refractivity contribution in [3.8, 4) is 0 Å². The average molecular weight is 320 g/mol. The number of benzene rings is 1. The number of hydrogen-bond donors (Lipinski definition) is 2.